The van der Waals surface area contributed by atoms with Gasteiger partial charge in [0.05, 0.1) is 10.6 Å². The summed E-state index contributed by atoms with van der Waals surface area (Å²) in [6.07, 6.45) is 2.49. The molecule has 0 saturated carbocycles. The molecule has 1 aromatic carbocycles. The number of benzene rings is 1. The first-order chi connectivity index (χ1) is 11.8. The normalized spacial score (nSPS) is 14.8. The lowest BCUT2D eigenvalue weighted by atomic mass is 9.95. The maximum absolute atomic E-state index is 12.5. The molecule has 1 aliphatic heterocycles. The van der Waals surface area contributed by atoms with Gasteiger partial charge in [0.15, 0.2) is 0 Å². The number of nitrogens with zero attached hydrogens (tertiary/aromatic N) is 2. The molecule has 0 atom stereocenters. The third kappa shape index (κ3) is 4.60. The summed E-state index contributed by atoms with van der Waals surface area (Å²) in [6, 6.07) is 4.85. The van der Waals surface area contributed by atoms with Crippen molar-refractivity contribution in [2.45, 2.75) is 12.8 Å². The molecule has 0 bridgehead atoms. The van der Waals surface area contributed by atoms with E-state index in [0.717, 1.165) is 0 Å². The smallest absolute Gasteiger partial charge is 0.254 e. The van der Waals surface area contributed by atoms with Gasteiger partial charge in [-0.1, -0.05) is 18.2 Å². The van der Waals surface area contributed by atoms with Crippen LogP contribution in [0.1, 0.15) is 23.2 Å². The predicted octanol–water partition coefficient (Wildman–Crippen LogP) is 2.40. The van der Waals surface area contributed by atoms with Gasteiger partial charge < -0.3 is 15.1 Å². The molecule has 0 unspecified atom stereocenters. The second-order valence-electron chi connectivity index (χ2n) is 6.19. The Morgan fingerprint density at radius 2 is 1.92 bits per heavy atom. The summed E-state index contributed by atoms with van der Waals surface area (Å²) in [5.74, 6) is -0.616. The zero-order valence-electron chi connectivity index (χ0n) is 14.4. The molecule has 6 nitrogen and oxygen atoms in total. The molecule has 3 amide bonds. The molecule has 2 rings (SSSR count). The van der Waals surface area contributed by atoms with Crippen LogP contribution in [0.2, 0.25) is 5.02 Å². The number of halogens is 1. The second kappa shape index (κ2) is 8.16. The van der Waals surface area contributed by atoms with Gasteiger partial charge in [-0.15, -0.1) is 0 Å². The number of rotatable bonds is 4. The minimum Gasteiger partial charge on any atom is -0.345 e. The van der Waals surface area contributed by atoms with Crippen molar-refractivity contribution >= 4 is 35.0 Å². The lowest BCUT2D eigenvalue weighted by molar-refractivity contribution is -0.130. The van der Waals surface area contributed by atoms with Crippen molar-refractivity contribution in [1.82, 2.24) is 9.80 Å². The van der Waals surface area contributed by atoms with E-state index >= 15 is 0 Å². The molecule has 1 N–H and O–H groups in total. The molecule has 0 aromatic heterocycles. The molecule has 0 spiro atoms. The van der Waals surface area contributed by atoms with Gasteiger partial charge >= 0.3 is 0 Å². The fraction of sp³-hybridized carbons (Fsp3) is 0.389. The highest BCUT2D eigenvalue weighted by Gasteiger charge is 2.26. The number of hydrogen-bond acceptors (Lipinski definition) is 3. The number of carbonyl (C=O) groups is 3. The molecule has 1 aromatic rings. The van der Waals surface area contributed by atoms with Crippen molar-refractivity contribution in [2.24, 2.45) is 5.92 Å². The van der Waals surface area contributed by atoms with Crippen molar-refractivity contribution in [3.63, 3.8) is 0 Å². The van der Waals surface area contributed by atoms with Crippen molar-refractivity contribution < 1.29 is 14.4 Å². The van der Waals surface area contributed by atoms with E-state index in [0.29, 0.717) is 42.2 Å². The minimum atomic E-state index is -0.225. The summed E-state index contributed by atoms with van der Waals surface area (Å²) in [5, 5.41) is 3.18. The maximum atomic E-state index is 12.5. The van der Waals surface area contributed by atoms with Gasteiger partial charge in [0, 0.05) is 38.8 Å². The molecular weight excluding hydrogens is 342 g/mol. The molecule has 134 valence electrons. The number of piperidine rings is 1. The predicted molar refractivity (Wildman–Crippen MR) is 97.6 cm³/mol. The lowest BCUT2D eigenvalue weighted by Crippen LogP contribution is -2.40. The average Bonchev–Trinajstić information content (AvgIpc) is 2.62. The molecule has 1 aliphatic rings. The van der Waals surface area contributed by atoms with Crippen LogP contribution in [0.4, 0.5) is 5.69 Å². The summed E-state index contributed by atoms with van der Waals surface area (Å²) in [4.78, 5) is 39.3. The Morgan fingerprint density at radius 1 is 1.28 bits per heavy atom. The standard InChI is InChI=1S/C18H22ClN3O3/c1-4-16(23)22-9-7-12(8-10-22)17(24)20-13-5-6-15(19)14(11-13)18(25)21(2)3/h4-6,11-12H,1,7-10H2,2-3H3,(H,20,24). The Hall–Kier alpha value is -2.34. The Morgan fingerprint density at radius 3 is 2.48 bits per heavy atom. The second-order valence-corrected chi connectivity index (χ2v) is 6.59. The van der Waals surface area contributed by atoms with Crippen LogP contribution >= 0.6 is 11.6 Å². The Bertz CT molecular complexity index is 695. The fourth-order valence-corrected chi connectivity index (χ4v) is 2.94. The van der Waals surface area contributed by atoms with E-state index in [-0.39, 0.29) is 23.6 Å². The molecule has 7 heteroatoms. The van der Waals surface area contributed by atoms with Crippen molar-refractivity contribution in [2.75, 3.05) is 32.5 Å². The highest BCUT2D eigenvalue weighted by molar-refractivity contribution is 6.34. The SMILES string of the molecule is C=CC(=O)N1CCC(C(=O)Nc2ccc(Cl)c(C(=O)N(C)C)c2)CC1. The van der Waals surface area contributed by atoms with Crippen molar-refractivity contribution in [1.29, 1.82) is 0 Å². The van der Waals surface area contributed by atoms with Crippen molar-refractivity contribution in [3.05, 3.63) is 41.4 Å². The quantitative estimate of drug-likeness (QED) is 0.835. The van der Waals surface area contributed by atoms with Gasteiger partial charge in [-0.05, 0) is 37.1 Å². The van der Waals surface area contributed by atoms with E-state index < -0.39 is 0 Å². The van der Waals surface area contributed by atoms with Crippen LogP contribution < -0.4 is 5.32 Å². The maximum Gasteiger partial charge on any atom is 0.254 e. The number of nitrogens with one attached hydrogen (secondary N) is 1. The number of carbonyl (C=O) groups excluding carboxylic acids is 3. The summed E-state index contributed by atoms with van der Waals surface area (Å²) >= 11 is 6.07. The first-order valence-corrected chi connectivity index (χ1v) is 8.44. The molecule has 1 fully saturated rings. The third-order valence-electron chi connectivity index (χ3n) is 4.22. The van der Waals surface area contributed by atoms with E-state index in [1.54, 1.807) is 37.2 Å². The molecule has 0 aliphatic carbocycles. The Balaban J connectivity index is 2.02. The summed E-state index contributed by atoms with van der Waals surface area (Å²) in [6.45, 7) is 4.55. The lowest BCUT2D eigenvalue weighted by Gasteiger charge is -2.30. The summed E-state index contributed by atoms with van der Waals surface area (Å²) in [7, 11) is 3.28. The zero-order valence-corrected chi connectivity index (χ0v) is 15.2. The summed E-state index contributed by atoms with van der Waals surface area (Å²) < 4.78 is 0. The minimum absolute atomic E-state index is 0.108. The monoisotopic (exact) mass is 363 g/mol. The fourth-order valence-electron chi connectivity index (χ4n) is 2.74. The average molecular weight is 364 g/mol. The molecular formula is C18H22ClN3O3. The van der Waals surface area contributed by atoms with Crippen LogP contribution in [0.5, 0.6) is 0 Å². The third-order valence-corrected chi connectivity index (χ3v) is 4.55. The van der Waals surface area contributed by atoms with E-state index in [1.165, 1.54) is 11.0 Å². The molecule has 25 heavy (non-hydrogen) atoms. The van der Waals surface area contributed by atoms with E-state index in [1.807, 2.05) is 0 Å². The first kappa shape index (κ1) is 19.0. The topological polar surface area (TPSA) is 69.7 Å². The Kier molecular flexibility index (Phi) is 6.20. The van der Waals surface area contributed by atoms with Crippen LogP contribution in [0.3, 0.4) is 0 Å². The van der Waals surface area contributed by atoms with Crippen LogP contribution in [0, 0.1) is 5.92 Å². The summed E-state index contributed by atoms with van der Waals surface area (Å²) in [5.41, 5.74) is 0.875. The number of likely N-dealkylation sites (tertiary alicyclic amines) is 1. The Labute approximate surface area is 152 Å². The van der Waals surface area contributed by atoms with Crippen LogP contribution in [0.15, 0.2) is 30.9 Å². The van der Waals surface area contributed by atoms with Gasteiger partial charge in [0.1, 0.15) is 0 Å². The van der Waals surface area contributed by atoms with Crippen LogP contribution in [-0.4, -0.2) is 54.7 Å². The highest BCUT2D eigenvalue weighted by Crippen LogP contribution is 2.24. The van der Waals surface area contributed by atoms with Gasteiger partial charge in [0.25, 0.3) is 5.91 Å². The van der Waals surface area contributed by atoms with Crippen LogP contribution in [0.25, 0.3) is 0 Å². The zero-order chi connectivity index (χ0) is 18.6. The van der Waals surface area contributed by atoms with Gasteiger partial charge in [-0.25, -0.2) is 0 Å². The number of anilines is 1. The molecule has 1 saturated heterocycles. The van der Waals surface area contributed by atoms with E-state index in [4.69, 9.17) is 11.6 Å². The van der Waals surface area contributed by atoms with Gasteiger partial charge in [-0.2, -0.15) is 0 Å². The van der Waals surface area contributed by atoms with Gasteiger partial charge in [-0.3, -0.25) is 14.4 Å². The van der Waals surface area contributed by atoms with Crippen LogP contribution in [-0.2, 0) is 9.59 Å². The number of hydrogen-bond donors (Lipinski definition) is 1. The van der Waals surface area contributed by atoms with Gasteiger partial charge in [0.2, 0.25) is 11.8 Å². The van der Waals surface area contributed by atoms with Crippen molar-refractivity contribution in [3.8, 4) is 0 Å². The van der Waals surface area contributed by atoms with E-state index in [2.05, 4.69) is 11.9 Å². The van der Waals surface area contributed by atoms with E-state index in [9.17, 15) is 14.4 Å². The number of amides is 3. The first-order valence-electron chi connectivity index (χ1n) is 8.07. The molecule has 0 radical (unpaired) electrons. The highest BCUT2D eigenvalue weighted by atomic mass is 35.5. The molecule has 1 heterocycles. The largest absolute Gasteiger partial charge is 0.345 e.